The van der Waals surface area contributed by atoms with Gasteiger partial charge < -0.3 is 0 Å². The molecule has 0 spiro atoms. The van der Waals surface area contributed by atoms with Gasteiger partial charge in [0.15, 0.2) is 0 Å². The van der Waals surface area contributed by atoms with Gasteiger partial charge in [0.05, 0.1) is 8.07 Å². The Balaban J connectivity index is 3.79. The summed E-state index contributed by atoms with van der Waals surface area (Å²) < 4.78 is 35.1. The minimum atomic E-state index is -4.01. The Kier molecular flexibility index (Phi) is 3.35. The van der Waals surface area contributed by atoms with Gasteiger partial charge in [-0.15, -0.1) is 12.3 Å². The van der Waals surface area contributed by atoms with Crippen LogP contribution in [0, 0.1) is 0 Å². The molecule has 0 radical (unpaired) electrons. The van der Waals surface area contributed by atoms with Crippen molar-refractivity contribution in [1.29, 1.82) is 0 Å². The first kappa shape index (κ1) is 10.7. The number of halogens is 3. The summed E-state index contributed by atoms with van der Waals surface area (Å²) >= 11 is 0. The summed E-state index contributed by atoms with van der Waals surface area (Å²) in [6.45, 7) is 7.29. The highest BCUT2D eigenvalue weighted by molar-refractivity contribution is 6.82. The minimum absolute atomic E-state index is 0.250. The Morgan fingerprint density at radius 1 is 1.36 bits per heavy atom. The molecule has 0 unspecified atom stereocenters. The third kappa shape index (κ3) is 6.16. The second kappa shape index (κ2) is 3.43. The maximum atomic E-state index is 11.7. The normalized spacial score (nSPS) is 13.2. The summed E-state index contributed by atoms with van der Waals surface area (Å²) in [6, 6.07) is 0.250. The molecule has 66 valence electrons. The number of alkyl halides is 3. The fourth-order valence-corrected chi connectivity index (χ4v) is 1.70. The van der Waals surface area contributed by atoms with Crippen LogP contribution < -0.4 is 0 Å². The molecule has 0 atom stereocenters. The molecule has 0 fully saturated rings. The van der Waals surface area contributed by atoms with E-state index in [4.69, 9.17) is 0 Å². The molecule has 0 bridgehead atoms. The Hall–Kier alpha value is -0.253. The summed E-state index contributed by atoms with van der Waals surface area (Å²) in [6.07, 6.45) is -4.68. The predicted molar refractivity (Wildman–Crippen MR) is 43.2 cm³/mol. The molecule has 0 aliphatic carbocycles. The molecule has 0 amide bonds. The molecule has 0 heterocycles. The molecular formula is C7H13F3Si. The molecule has 0 aromatic rings. The molecule has 4 heteroatoms. The van der Waals surface area contributed by atoms with Gasteiger partial charge in [-0.05, 0) is 6.04 Å². The SMILES string of the molecule is C=C[Si](C)(C)CCC(F)(F)F. The first-order valence-electron chi connectivity index (χ1n) is 3.47. The van der Waals surface area contributed by atoms with Crippen molar-refractivity contribution in [3.05, 3.63) is 12.3 Å². The Labute approximate surface area is 66.1 Å². The maximum Gasteiger partial charge on any atom is 0.388 e. The van der Waals surface area contributed by atoms with E-state index in [1.807, 2.05) is 13.1 Å². The van der Waals surface area contributed by atoms with Crippen molar-refractivity contribution in [2.24, 2.45) is 0 Å². The van der Waals surface area contributed by atoms with Crippen LogP contribution in [0.15, 0.2) is 12.3 Å². The van der Waals surface area contributed by atoms with E-state index in [1.54, 1.807) is 5.70 Å². The lowest BCUT2D eigenvalue weighted by Crippen LogP contribution is -2.24. The second-order valence-corrected chi connectivity index (χ2v) is 8.19. The summed E-state index contributed by atoms with van der Waals surface area (Å²) in [5.74, 6) is 0. The monoisotopic (exact) mass is 182 g/mol. The Morgan fingerprint density at radius 2 is 1.82 bits per heavy atom. The van der Waals surface area contributed by atoms with E-state index in [2.05, 4.69) is 6.58 Å². The van der Waals surface area contributed by atoms with Crippen LogP contribution in [-0.2, 0) is 0 Å². The summed E-state index contributed by atoms with van der Waals surface area (Å²) in [5.41, 5.74) is 1.69. The predicted octanol–water partition coefficient (Wildman–Crippen LogP) is 3.37. The van der Waals surface area contributed by atoms with Crippen molar-refractivity contribution in [1.82, 2.24) is 0 Å². The molecule has 0 rings (SSSR count). The smallest absolute Gasteiger partial charge is 0.171 e. The zero-order chi connectivity index (χ0) is 9.12. The number of hydrogen-bond donors (Lipinski definition) is 0. The lowest BCUT2D eigenvalue weighted by Gasteiger charge is -2.17. The fraction of sp³-hybridized carbons (Fsp3) is 0.714. The summed E-state index contributed by atoms with van der Waals surface area (Å²) in [7, 11) is -1.74. The fourth-order valence-electron chi connectivity index (χ4n) is 0.566. The van der Waals surface area contributed by atoms with Crippen molar-refractivity contribution < 1.29 is 13.2 Å². The zero-order valence-corrected chi connectivity index (χ0v) is 7.83. The van der Waals surface area contributed by atoms with E-state index in [-0.39, 0.29) is 6.04 Å². The van der Waals surface area contributed by atoms with E-state index in [9.17, 15) is 13.2 Å². The highest BCUT2D eigenvalue weighted by atomic mass is 28.3. The molecule has 11 heavy (non-hydrogen) atoms. The van der Waals surface area contributed by atoms with E-state index in [0.29, 0.717) is 0 Å². The van der Waals surface area contributed by atoms with Crippen LogP contribution in [0.3, 0.4) is 0 Å². The van der Waals surface area contributed by atoms with Gasteiger partial charge in [-0.25, -0.2) is 0 Å². The van der Waals surface area contributed by atoms with Crippen LogP contribution in [0.5, 0.6) is 0 Å². The van der Waals surface area contributed by atoms with Gasteiger partial charge in [-0.1, -0.05) is 13.1 Å². The average Bonchev–Trinajstić information content (AvgIpc) is 1.83. The maximum absolute atomic E-state index is 11.7. The molecule has 0 aliphatic rings. The van der Waals surface area contributed by atoms with E-state index in [1.165, 1.54) is 0 Å². The summed E-state index contributed by atoms with van der Waals surface area (Å²) in [4.78, 5) is 0. The molecule has 0 aliphatic heterocycles. The first-order chi connectivity index (χ1) is 4.77. The molecule has 0 saturated heterocycles. The minimum Gasteiger partial charge on any atom is -0.171 e. The average molecular weight is 182 g/mol. The molecule has 0 nitrogen and oxygen atoms in total. The van der Waals surface area contributed by atoms with Gasteiger partial charge in [0.1, 0.15) is 0 Å². The second-order valence-electron chi connectivity index (χ2n) is 3.31. The van der Waals surface area contributed by atoms with Gasteiger partial charge in [-0.2, -0.15) is 13.2 Å². The van der Waals surface area contributed by atoms with Crippen LogP contribution in [-0.4, -0.2) is 14.3 Å². The quantitative estimate of drug-likeness (QED) is 0.587. The van der Waals surface area contributed by atoms with Crippen molar-refractivity contribution >= 4 is 8.07 Å². The first-order valence-corrected chi connectivity index (χ1v) is 6.76. The van der Waals surface area contributed by atoms with Gasteiger partial charge in [0, 0.05) is 6.42 Å². The lowest BCUT2D eigenvalue weighted by atomic mass is 10.5. The van der Waals surface area contributed by atoms with Crippen LogP contribution in [0.25, 0.3) is 0 Å². The van der Waals surface area contributed by atoms with Crippen LogP contribution in [0.2, 0.25) is 19.1 Å². The van der Waals surface area contributed by atoms with Crippen LogP contribution >= 0.6 is 0 Å². The highest BCUT2D eigenvalue weighted by Crippen LogP contribution is 2.26. The summed E-state index contributed by atoms with van der Waals surface area (Å²) in [5, 5.41) is 0. The van der Waals surface area contributed by atoms with Gasteiger partial charge >= 0.3 is 6.18 Å². The lowest BCUT2D eigenvalue weighted by molar-refractivity contribution is -0.130. The molecule has 0 aromatic heterocycles. The Bertz CT molecular complexity index is 137. The van der Waals surface area contributed by atoms with Crippen molar-refractivity contribution in [2.75, 3.05) is 0 Å². The number of rotatable bonds is 3. The standard InChI is InChI=1S/C7H13F3Si/c1-4-11(2,3)6-5-7(8,9)10/h4H,1,5-6H2,2-3H3. The molecular weight excluding hydrogens is 169 g/mol. The zero-order valence-electron chi connectivity index (χ0n) is 6.83. The largest absolute Gasteiger partial charge is 0.388 e. The van der Waals surface area contributed by atoms with Gasteiger partial charge in [0.25, 0.3) is 0 Å². The Morgan fingerprint density at radius 3 is 2.09 bits per heavy atom. The number of hydrogen-bond acceptors (Lipinski definition) is 0. The van der Waals surface area contributed by atoms with Crippen LogP contribution in [0.1, 0.15) is 6.42 Å². The van der Waals surface area contributed by atoms with E-state index in [0.717, 1.165) is 0 Å². The molecule has 0 aromatic carbocycles. The third-order valence-electron chi connectivity index (χ3n) is 1.61. The van der Waals surface area contributed by atoms with E-state index >= 15 is 0 Å². The highest BCUT2D eigenvalue weighted by Gasteiger charge is 2.30. The third-order valence-corrected chi connectivity index (χ3v) is 4.25. The molecule has 0 N–H and O–H groups in total. The topological polar surface area (TPSA) is 0 Å². The van der Waals surface area contributed by atoms with Crippen molar-refractivity contribution in [3.8, 4) is 0 Å². The van der Waals surface area contributed by atoms with Gasteiger partial charge in [0.2, 0.25) is 0 Å². The molecule has 0 saturated carbocycles. The van der Waals surface area contributed by atoms with Crippen molar-refractivity contribution in [2.45, 2.75) is 31.7 Å². The van der Waals surface area contributed by atoms with Gasteiger partial charge in [-0.3, -0.25) is 0 Å². The van der Waals surface area contributed by atoms with Crippen molar-refractivity contribution in [3.63, 3.8) is 0 Å². The van der Waals surface area contributed by atoms with E-state index < -0.39 is 20.7 Å². The van der Waals surface area contributed by atoms with Crippen LogP contribution in [0.4, 0.5) is 13.2 Å².